The molecule has 2 unspecified atom stereocenters. The van der Waals surface area contributed by atoms with Crippen LogP contribution in [0.15, 0.2) is 0 Å². The van der Waals surface area contributed by atoms with Crippen LogP contribution in [0, 0.1) is 6.23 Å². The van der Waals surface area contributed by atoms with Crippen LogP contribution in [-0.2, 0) is 35.9 Å². The maximum Gasteiger partial charge on any atom is 4.00 e. The van der Waals surface area contributed by atoms with Gasteiger partial charge in [-0.15, -0.1) is 12.6 Å². The zero-order valence-electron chi connectivity index (χ0n) is 15.2. The van der Waals surface area contributed by atoms with Crippen LogP contribution >= 0.6 is 0 Å². The van der Waals surface area contributed by atoms with Crippen molar-refractivity contribution in [3.63, 3.8) is 0 Å². The van der Waals surface area contributed by atoms with Crippen molar-refractivity contribution in [3.05, 3.63) is 6.23 Å². The summed E-state index contributed by atoms with van der Waals surface area (Å²) in [6, 6.07) is 0. The van der Waals surface area contributed by atoms with E-state index in [1.54, 1.807) is 21.3 Å². The molecule has 0 aromatic carbocycles. The predicted octanol–water partition coefficient (Wildman–Crippen LogP) is -8.29. The molecule has 0 spiro atoms. The molecule has 0 amide bonds. The van der Waals surface area contributed by atoms with Crippen molar-refractivity contribution in [2.75, 3.05) is 55.1 Å². The number of nitrogens with one attached hydrogen (secondary N) is 1. The van der Waals surface area contributed by atoms with Crippen LogP contribution in [0.4, 0.5) is 0 Å². The maximum absolute atomic E-state index is 5.58. The third-order valence-corrected chi connectivity index (χ3v) is 3.88. The first-order valence-electron chi connectivity index (χ1n) is 7.22. The van der Waals surface area contributed by atoms with Gasteiger partial charge in [-0.25, -0.2) is 0 Å². The Morgan fingerprint density at radius 1 is 0.958 bits per heavy atom. The summed E-state index contributed by atoms with van der Waals surface area (Å²) in [7, 11) is 9.38. The van der Waals surface area contributed by atoms with Crippen molar-refractivity contribution in [3.8, 4) is 0 Å². The summed E-state index contributed by atoms with van der Waals surface area (Å²) >= 11 is 0. The van der Waals surface area contributed by atoms with Crippen molar-refractivity contribution in [2.45, 2.75) is 31.7 Å². The summed E-state index contributed by atoms with van der Waals surface area (Å²) in [5.74, 6) is 0. The van der Waals surface area contributed by atoms with Crippen LogP contribution in [0.5, 0.6) is 0 Å². The average molecular weight is 443 g/mol. The number of rotatable bonds is 3. The summed E-state index contributed by atoms with van der Waals surface area (Å²) in [4.78, 5) is 4.39. The first kappa shape index (κ1) is 33.0. The van der Waals surface area contributed by atoms with Crippen LogP contribution in [0.25, 0.3) is 0 Å². The van der Waals surface area contributed by atoms with Crippen LogP contribution in [0.1, 0.15) is 19.3 Å². The van der Waals surface area contributed by atoms with Crippen LogP contribution in [-0.4, -0.2) is 77.3 Å². The number of halogens is 3. The SMILES string of the molecule is CO[C-]1CCNC(OC)CCN(C)C(OC)CCN1C.[Cl-].[Cl-].[Cl-].[Ti+4]. The zero-order valence-corrected chi connectivity index (χ0v) is 19.0. The molecule has 6 nitrogen and oxygen atoms in total. The summed E-state index contributed by atoms with van der Waals surface area (Å²) in [5.41, 5.74) is 0. The minimum absolute atomic E-state index is 0. The van der Waals surface area contributed by atoms with E-state index < -0.39 is 0 Å². The van der Waals surface area contributed by atoms with E-state index in [1.807, 2.05) is 0 Å². The number of hydrogen-bond acceptors (Lipinski definition) is 6. The van der Waals surface area contributed by atoms with E-state index in [0.29, 0.717) is 0 Å². The molecule has 144 valence electrons. The normalized spacial score (nSPS) is 24.9. The third-order valence-electron chi connectivity index (χ3n) is 3.88. The second-order valence-electron chi connectivity index (χ2n) is 5.20. The molecule has 1 fully saturated rings. The van der Waals surface area contributed by atoms with E-state index in [1.165, 1.54) is 0 Å². The second kappa shape index (κ2) is 19.1. The Morgan fingerprint density at radius 2 is 1.58 bits per heavy atom. The average Bonchev–Trinajstić information content (AvgIpc) is 2.45. The van der Waals surface area contributed by atoms with E-state index in [0.717, 1.165) is 45.1 Å². The van der Waals surface area contributed by atoms with Gasteiger partial charge in [-0.3, -0.25) is 10.2 Å². The summed E-state index contributed by atoms with van der Waals surface area (Å²) in [6.45, 7) is 2.71. The van der Waals surface area contributed by atoms with Crippen molar-refractivity contribution < 1.29 is 73.1 Å². The van der Waals surface area contributed by atoms with Gasteiger partial charge in [0.05, 0.1) is 0 Å². The molecule has 1 aliphatic heterocycles. The van der Waals surface area contributed by atoms with Crippen molar-refractivity contribution in [1.29, 1.82) is 0 Å². The van der Waals surface area contributed by atoms with Crippen molar-refractivity contribution in [1.82, 2.24) is 15.1 Å². The number of hydrogen-bond donors (Lipinski definition) is 1. The Kier molecular flexibility index (Phi) is 26.3. The fraction of sp³-hybridized carbons (Fsp3) is 0.929. The van der Waals surface area contributed by atoms with Gasteiger partial charge >= 0.3 is 21.7 Å². The van der Waals surface area contributed by atoms with E-state index in [2.05, 4.69) is 29.2 Å². The van der Waals surface area contributed by atoms with Gasteiger partial charge in [0.2, 0.25) is 0 Å². The van der Waals surface area contributed by atoms with E-state index >= 15 is 0 Å². The summed E-state index contributed by atoms with van der Waals surface area (Å²) < 4.78 is 16.5. The maximum atomic E-state index is 5.58. The fourth-order valence-corrected chi connectivity index (χ4v) is 2.50. The van der Waals surface area contributed by atoms with E-state index in [4.69, 9.17) is 14.2 Å². The topological polar surface area (TPSA) is 46.2 Å². The molecule has 0 radical (unpaired) electrons. The Bertz CT molecular complexity index is 275. The number of nitrogens with zero attached hydrogens (tertiary/aromatic N) is 2. The smallest absolute Gasteiger partial charge is 1.00 e. The minimum Gasteiger partial charge on any atom is -1.00 e. The first-order chi connectivity index (χ1) is 9.62. The minimum atomic E-state index is 0. The van der Waals surface area contributed by atoms with Gasteiger partial charge in [-0.2, -0.15) is 0 Å². The molecule has 1 N–H and O–H groups in total. The molecule has 1 rings (SSSR count). The molecule has 1 saturated heterocycles. The molecule has 1 heterocycles. The van der Waals surface area contributed by atoms with Crippen LogP contribution < -0.4 is 42.5 Å². The molecule has 1 aliphatic rings. The molecule has 2 atom stereocenters. The molecule has 0 aromatic heterocycles. The Hall–Kier alpha value is 1.34. The molecule has 10 heteroatoms. The largest absolute Gasteiger partial charge is 4.00 e. The van der Waals surface area contributed by atoms with Gasteiger partial charge in [0.25, 0.3) is 0 Å². The first-order valence-corrected chi connectivity index (χ1v) is 7.22. The molecule has 0 saturated carbocycles. The predicted molar refractivity (Wildman–Crippen MR) is 79.0 cm³/mol. The molecule has 0 aliphatic carbocycles. The Labute approximate surface area is 180 Å². The summed E-state index contributed by atoms with van der Waals surface area (Å²) in [5, 5.41) is 3.41. The number of ether oxygens (including phenoxy) is 3. The third kappa shape index (κ3) is 11.9. The standard InChI is InChI=1S/C14H30N3O3.3ClH.Ti/c1-16-10-7-12(18-3)15-9-6-13(19-4)17(2)11-8-14(16)20-5;;;;/h12,14-15H,6-11H2,1-5H3;3*1H;/q-1;;;;+4/p-3. The Balaban J connectivity index is -0.000000500. The van der Waals surface area contributed by atoms with Gasteiger partial charge in [-0.05, 0) is 40.0 Å². The molecule has 0 bridgehead atoms. The molecule has 0 aromatic rings. The second-order valence-corrected chi connectivity index (χ2v) is 5.20. The van der Waals surface area contributed by atoms with Gasteiger partial charge in [0, 0.05) is 27.9 Å². The van der Waals surface area contributed by atoms with Gasteiger partial charge in [-0.1, -0.05) is 0 Å². The van der Waals surface area contributed by atoms with E-state index in [-0.39, 0.29) is 71.4 Å². The molecular weight excluding hydrogens is 412 g/mol. The number of methoxy groups -OCH3 is 3. The monoisotopic (exact) mass is 441 g/mol. The van der Waals surface area contributed by atoms with Gasteiger partial charge < -0.3 is 56.3 Å². The van der Waals surface area contributed by atoms with Gasteiger partial charge in [0.15, 0.2) is 0 Å². The summed E-state index contributed by atoms with van der Waals surface area (Å²) in [6.07, 6.45) is 3.92. The zero-order chi connectivity index (χ0) is 15.0. The Morgan fingerprint density at radius 3 is 2.08 bits per heavy atom. The fourth-order valence-electron chi connectivity index (χ4n) is 2.50. The molecular formula is C14H30Cl3N3O3Ti. The van der Waals surface area contributed by atoms with Crippen LogP contribution in [0.3, 0.4) is 0 Å². The molecule has 24 heavy (non-hydrogen) atoms. The van der Waals surface area contributed by atoms with Crippen molar-refractivity contribution in [2.24, 2.45) is 0 Å². The van der Waals surface area contributed by atoms with Crippen LogP contribution in [0.2, 0.25) is 0 Å². The van der Waals surface area contributed by atoms with Gasteiger partial charge in [0.1, 0.15) is 12.5 Å². The van der Waals surface area contributed by atoms with Crippen molar-refractivity contribution >= 4 is 0 Å². The van der Waals surface area contributed by atoms with E-state index in [9.17, 15) is 0 Å². The quantitative estimate of drug-likeness (QED) is 0.346.